The molecule has 0 radical (unpaired) electrons. The number of aromatic amines is 1. The molecule has 9 heteroatoms. The van der Waals surface area contributed by atoms with Crippen molar-refractivity contribution in [2.75, 3.05) is 0 Å². The molecule has 2 N–H and O–H groups in total. The molecule has 0 aromatic carbocycles. The zero-order valence-electron chi connectivity index (χ0n) is 7.69. The smallest absolute Gasteiger partial charge is 0.368 e. The first-order valence-corrected chi connectivity index (χ1v) is 4.05. The highest BCUT2D eigenvalue weighted by Gasteiger charge is 2.18. The molecule has 0 aliphatic rings. The highest BCUT2D eigenvalue weighted by Crippen LogP contribution is 2.18. The standard InChI is InChI=1S/C7H5N5O4/c13-7(14)4-1-9-11(3-4)5-2-8-10-6(5)12(15)16/h1-3H,(H,8,10)(H,13,14). The summed E-state index contributed by atoms with van der Waals surface area (Å²) >= 11 is 0. The van der Waals surface area contributed by atoms with Gasteiger partial charge in [0.05, 0.1) is 11.8 Å². The molecule has 82 valence electrons. The molecule has 0 saturated heterocycles. The van der Waals surface area contributed by atoms with Crippen LogP contribution in [0.4, 0.5) is 5.82 Å². The summed E-state index contributed by atoms with van der Waals surface area (Å²) < 4.78 is 1.07. The van der Waals surface area contributed by atoms with Crippen molar-refractivity contribution in [2.45, 2.75) is 0 Å². The van der Waals surface area contributed by atoms with Gasteiger partial charge in [0, 0.05) is 6.20 Å². The van der Waals surface area contributed by atoms with Gasteiger partial charge in [0.1, 0.15) is 6.20 Å². The lowest BCUT2D eigenvalue weighted by Crippen LogP contribution is -1.99. The molecule has 0 amide bonds. The van der Waals surface area contributed by atoms with Crippen molar-refractivity contribution in [1.82, 2.24) is 20.0 Å². The van der Waals surface area contributed by atoms with E-state index < -0.39 is 10.9 Å². The summed E-state index contributed by atoms with van der Waals surface area (Å²) in [5.74, 6) is -1.50. The number of rotatable bonds is 3. The molecule has 2 heterocycles. The minimum absolute atomic E-state index is 0.0597. The monoisotopic (exact) mass is 223 g/mol. The van der Waals surface area contributed by atoms with Crippen molar-refractivity contribution in [3.63, 3.8) is 0 Å². The SMILES string of the molecule is O=C(O)c1cnn(-c2cn[nH]c2[N+](=O)[O-])c1. The fourth-order valence-corrected chi connectivity index (χ4v) is 1.14. The molecule has 0 aliphatic heterocycles. The van der Waals surface area contributed by atoms with Crippen LogP contribution >= 0.6 is 0 Å². The fourth-order valence-electron chi connectivity index (χ4n) is 1.14. The van der Waals surface area contributed by atoms with E-state index in [-0.39, 0.29) is 17.1 Å². The Balaban J connectivity index is 2.46. The predicted octanol–water partition coefficient (Wildman–Crippen LogP) is 0.202. The Bertz CT molecular complexity index is 557. The van der Waals surface area contributed by atoms with Crippen LogP contribution in [-0.2, 0) is 0 Å². The number of carboxylic acids is 1. The molecule has 0 atom stereocenters. The van der Waals surface area contributed by atoms with Crippen LogP contribution in [0.5, 0.6) is 0 Å². The average molecular weight is 223 g/mol. The van der Waals surface area contributed by atoms with Gasteiger partial charge < -0.3 is 15.2 Å². The van der Waals surface area contributed by atoms with E-state index in [0.29, 0.717) is 0 Å². The summed E-state index contributed by atoms with van der Waals surface area (Å²) in [7, 11) is 0. The van der Waals surface area contributed by atoms with Gasteiger partial charge in [-0.05, 0) is 4.92 Å². The second kappa shape index (κ2) is 3.46. The van der Waals surface area contributed by atoms with Gasteiger partial charge in [-0.2, -0.15) is 5.10 Å². The Morgan fingerprint density at radius 2 is 2.31 bits per heavy atom. The second-order valence-electron chi connectivity index (χ2n) is 2.84. The summed E-state index contributed by atoms with van der Waals surface area (Å²) in [5.41, 5.74) is 0.0213. The largest absolute Gasteiger partial charge is 0.478 e. The Labute approximate surface area is 87.5 Å². The van der Waals surface area contributed by atoms with Crippen LogP contribution in [0, 0.1) is 10.1 Å². The van der Waals surface area contributed by atoms with Crippen LogP contribution in [0.3, 0.4) is 0 Å². The molecule has 0 saturated carbocycles. The quantitative estimate of drug-likeness (QED) is 0.565. The topological polar surface area (TPSA) is 127 Å². The van der Waals surface area contributed by atoms with Crippen molar-refractivity contribution in [3.05, 3.63) is 34.3 Å². The normalized spacial score (nSPS) is 10.2. The van der Waals surface area contributed by atoms with E-state index in [1.807, 2.05) is 0 Å². The molecule has 0 bridgehead atoms. The molecule has 0 aliphatic carbocycles. The Morgan fingerprint density at radius 1 is 1.56 bits per heavy atom. The first-order chi connectivity index (χ1) is 7.59. The molecule has 0 spiro atoms. The Kier molecular flexibility index (Phi) is 2.12. The van der Waals surface area contributed by atoms with Crippen molar-refractivity contribution in [2.24, 2.45) is 0 Å². The second-order valence-corrected chi connectivity index (χ2v) is 2.84. The number of aromatic carboxylic acids is 1. The van der Waals surface area contributed by atoms with Crippen molar-refractivity contribution >= 4 is 11.8 Å². The third-order valence-corrected chi connectivity index (χ3v) is 1.86. The molecule has 0 fully saturated rings. The number of nitrogens with zero attached hydrogens (tertiary/aromatic N) is 4. The predicted molar refractivity (Wildman–Crippen MR) is 49.3 cm³/mol. The van der Waals surface area contributed by atoms with Crippen LogP contribution in [0.15, 0.2) is 18.6 Å². The van der Waals surface area contributed by atoms with Crippen LogP contribution in [0.25, 0.3) is 5.69 Å². The first-order valence-electron chi connectivity index (χ1n) is 4.05. The summed E-state index contributed by atoms with van der Waals surface area (Å²) in [5, 5.41) is 28.6. The lowest BCUT2D eigenvalue weighted by atomic mass is 10.4. The number of nitro groups is 1. The van der Waals surface area contributed by atoms with Crippen molar-refractivity contribution < 1.29 is 14.8 Å². The van der Waals surface area contributed by atoms with Gasteiger partial charge in [-0.15, -0.1) is 5.10 Å². The molecule has 0 unspecified atom stereocenters. The van der Waals surface area contributed by atoms with Crippen molar-refractivity contribution in [1.29, 1.82) is 0 Å². The number of hydrogen-bond acceptors (Lipinski definition) is 5. The molecular formula is C7H5N5O4. The first kappa shape index (κ1) is 9.83. The summed E-state index contributed by atoms with van der Waals surface area (Å²) in [6.07, 6.45) is 3.45. The fraction of sp³-hybridized carbons (Fsp3) is 0. The van der Waals surface area contributed by atoms with Crippen LogP contribution in [0.1, 0.15) is 10.4 Å². The average Bonchev–Trinajstić information content (AvgIpc) is 2.86. The van der Waals surface area contributed by atoms with E-state index >= 15 is 0 Å². The molecule has 2 aromatic heterocycles. The number of H-pyrrole nitrogens is 1. The summed E-state index contributed by atoms with van der Waals surface area (Å²) in [6.45, 7) is 0. The minimum atomic E-state index is -1.16. The number of aromatic nitrogens is 4. The highest BCUT2D eigenvalue weighted by atomic mass is 16.6. The maximum atomic E-state index is 10.6. The maximum Gasteiger partial charge on any atom is 0.368 e. The van der Waals surface area contributed by atoms with E-state index in [1.165, 1.54) is 12.4 Å². The van der Waals surface area contributed by atoms with E-state index in [9.17, 15) is 14.9 Å². The Morgan fingerprint density at radius 3 is 2.88 bits per heavy atom. The van der Waals surface area contributed by atoms with Crippen molar-refractivity contribution in [3.8, 4) is 5.69 Å². The van der Waals surface area contributed by atoms with E-state index in [0.717, 1.165) is 10.9 Å². The zero-order chi connectivity index (χ0) is 11.7. The van der Waals surface area contributed by atoms with Gasteiger partial charge in [-0.3, -0.25) is 0 Å². The molecular weight excluding hydrogens is 218 g/mol. The van der Waals surface area contributed by atoms with Gasteiger partial charge >= 0.3 is 11.8 Å². The van der Waals surface area contributed by atoms with Crippen LogP contribution < -0.4 is 0 Å². The number of hydrogen-bond donors (Lipinski definition) is 2. The zero-order valence-corrected chi connectivity index (χ0v) is 7.69. The lowest BCUT2D eigenvalue weighted by molar-refractivity contribution is -0.389. The molecule has 16 heavy (non-hydrogen) atoms. The summed E-state index contributed by atoms with van der Waals surface area (Å²) in [4.78, 5) is 20.5. The summed E-state index contributed by atoms with van der Waals surface area (Å²) in [6, 6.07) is 0. The van der Waals surface area contributed by atoms with Gasteiger partial charge in [0.15, 0.2) is 5.69 Å². The van der Waals surface area contributed by atoms with Crippen LogP contribution in [0.2, 0.25) is 0 Å². The maximum absolute atomic E-state index is 10.6. The molecule has 9 nitrogen and oxygen atoms in total. The third-order valence-electron chi connectivity index (χ3n) is 1.86. The lowest BCUT2D eigenvalue weighted by Gasteiger charge is -1.96. The number of nitrogens with one attached hydrogen (secondary N) is 1. The van der Waals surface area contributed by atoms with Gasteiger partial charge in [0.2, 0.25) is 0 Å². The Hall–Kier alpha value is -2.71. The van der Waals surface area contributed by atoms with Gasteiger partial charge in [-0.1, -0.05) is 5.10 Å². The van der Waals surface area contributed by atoms with E-state index in [2.05, 4.69) is 15.3 Å². The van der Waals surface area contributed by atoms with E-state index in [1.54, 1.807) is 0 Å². The number of carboxylic acid groups (broad SMARTS) is 1. The molecule has 2 rings (SSSR count). The highest BCUT2D eigenvalue weighted by molar-refractivity contribution is 5.87. The van der Waals surface area contributed by atoms with Crippen LogP contribution in [-0.4, -0.2) is 36.0 Å². The van der Waals surface area contributed by atoms with Gasteiger partial charge in [0.25, 0.3) is 0 Å². The molecule has 2 aromatic rings. The third kappa shape index (κ3) is 1.49. The van der Waals surface area contributed by atoms with E-state index in [4.69, 9.17) is 5.11 Å². The minimum Gasteiger partial charge on any atom is -0.478 e. The van der Waals surface area contributed by atoms with Gasteiger partial charge in [-0.25, -0.2) is 9.48 Å². The number of carbonyl (C=O) groups is 1.